The fourth-order valence-corrected chi connectivity index (χ4v) is 3.76. The molecule has 4 rings (SSSR count). The van der Waals surface area contributed by atoms with Crippen molar-refractivity contribution in [2.45, 2.75) is 52.8 Å². The van der Waals surface area contributed by atoms with Crippen LogP contribution in [0.3, 0.4) is 0 Å². The third kappa shape index (κ3) is 4.51. The van der Waals surface area contributed by atoms with Gasteiger partial charge in [-0.2, -0.15) is 18.3 Å². The van der Waals surface area contributed by atoms with Crippen LogP contribution >= 0.6 is 0 Å². The maximum atomic E-state index is 13.5. The molecular formula is C24H26F3N4Na. The second-order valence-corrected chi connectivity index (χ2v) is 8.80. The number of aromatic nitrogens is 4. The number of rotatable bonds is 3. The van der Waals surface area contributed by atoms with E-state index < -0.39 is 11.7 Å². The van der Waals surface area contributed by atoms with Crippen LogP contribution in [0.5, 0.6) is 0 Å². The SMILES string of the molecule is CCn1nc(C(C)(C)C)cc1-c1nc2cc(-c3ccccc3C(F)(F)F)cc(C)c2[nH]1.[NaH]. The Bertz CT molecular complexity index is 1260. The molecule has 0 aliphatic heterocycles. The van der Waals surface area contributed by atoms with Crippen LogP contribution in [-0.2, 0) is 18.1 Å². The van der Waals surface area contributed by atoms with Gasteiger partial charge in [0, 0.05) is 12.0 Å². The molecule has 164 valence electrons. The molecule has 0 saturated carbocycles. The summed E-state index contributed by atoms with van der Waals surface area (Å²) in [5.41, 5.74) is 3.99. The van der Waals surface area contributed by atoms with Crippen molar-refractivity contribution in [2.24, 2.45) is 0 Å². The van der Waals surface area contributed by atoms with Crippen molar-refractivity contribution < 1.29 is 13.2 Å². The number of hydrogen-bond donors (Lipinski definition) is 1. The average Bonchev–Trinajstić information content (AvgIpc) is 3.31. The summed E-state index contributed by atoms with van der Waals surface area (Å²) in [6.07, 6.45) is -4.42. The molecule has 2 heterocycles. The molecule has 0 atom stereocenters. The number of H-pyrrole nitrogens is 1. The molecule has 0 fully saturated rings. The van der Waals surface area contributed by atoms with Crippen LogP contribution in [0.1, 0.15) is 44.5 Å². The number of aryl methyl sites for hydroxylation is 2. The van der Waals surface area contributed by atoms with E-state index in [-0.39, 0.29) is 40.5 Å². The van der Waals surface area contributed by atoms with Crippen molar-refractivity contribution in [1.82, 2.24) is 19.7 Å². The van der Waals surface area contributed by atoms with Gasteiger partial charge in [-0.1, -0.05) is 39.0 Å². The maximum absolute atomic E-state index is 13.5. The molecule has 0 bridgehead atoms. The minimum absolute atomic E-state index is 0. The average molecular weight is 450 g/mol. The van der Waals surface area contributed by atoms with E-state index in [0.717, 1.165) is 28.5 Å². The first-order valence-corrected chi connectivity index (χ1v) is 10.2. The van der Waals surface area contributed by atoms with Gasteiger partial charge >= 0.3 is 35.7 Å². The normalized spacial score (nSPS) is 12.2. The Hall–Kier alpha value is -2.09. The minimum atomic E-state index is -4.42. The Labute approximate surface area is 207 Å². The molecule has 0 aliphatic rings. The van der Waals surface area contributed by atoms with Gasteiger partial charge in [-0.25, -0.2) is 4.98 Å². The predicted octanol–water partition coefficient (Wildman–Crippen LogP) is 6.09. The van der Waals surface area contributed by atoms with Gasteiger partial charge in [0.25, 0.3) is 0 Å². The monoisotopic (exact) mass is 450 g/mol. The molecule has 4 nitrogen and oxygen atoms in total. The zero-order valence-electron chi connectivity index (χ0n) is 18.2. The van der Waals surface area contributed by atoms with Crippen molar-refractivity contribution >= 4 is 40.6 Å². The Morgan fingerprint density at radius 2 is 1.72 bits per heavy atom. The zero-order chi connectivity index (χ0) is 22.6. The molecule has 2 aromatic heterocycles. The van der Waals surface area contributed by atoms with E-state index in [0.29, 0.717) is 23.4 Å². The van der Waals surface area contributed by atoms with Crippen LogP contribution in [-0.4, -0.2) is 49.3 Å². The van der Waals surface area contributed by atoms with Crippen LogP contribution < -0.4 is 0 Å². The Morgan fingerprint density at radius 1 is 1.03 bits per heavy atom. The fraction of sp³-hybridized carbons (Fsp3) is 0.333. The van der Waals surface area contributed by atoms with Crippen LogP contribution in [0.25, 0.3) is 33.7 Å². The second kappa shape index (κ2) is 8.69. The number of nitrogens with zero attached hydrogens (tertiary/aromatic N) is 3. The number of hydrogen-bond acceptors (Lipinski definition) is 2. The Morgan fingerprint density at radius 3 is 2.34 bits per heavy atom. The number of imidazole rings is 1. The quantitative estimate of drug-likeness (QED) is 0.384. The van der Waals surface area contributed by atoms with Crippen molar-refractivity contribution in [3.63, 3.8) is 0 Å². The Kier molecular flexibility index (Phi) is 6.67. The summed E-state index contributed by atoms with van der Waals surface area (Å²) in [7, 11) is 0. The molecule has 32 heavy (non-hydrogen) atoms. The molecule has 0 radical (unpaired) electrons. The van der Waals surface area contributed by atoms with Gasteiger partial charge in [0.05, 0.1) is 22.3 Å². The summed E-state index contributed by atoms with van der Waals surface area (Å²) in [6, 6.07) is 11.1. The molecule has 1 N–H and O–H groups in total. The summed E-state index contributed by atoms with van der Waals surface area (Å²) in [4.78, 5) is 8.08. The van der Waals surface area contributed by atoms with Crippen molar-refractivity contribution in [3.05, 3.63) is 59.3 Å². The van der Waals surface area contributed by atoms with Gasteiger partial charge in [0.15, 0.2) is 5.82 Å². The third-order valence-electron chi connectivity index (χ3n) is 5.42. The van der Waals surface area contributed by atoms with Crippen molar-refractivity contribution in [2.75, 3.05) is 0 Å². The first-order valence-electron chi connectivity index (χ1n) is 10.2. The van der Waals surface area contributed by atoms with Gasteiger partial charge in [-0.15, -0.1) is 0 Å². The first kappa shape index (κ1) is 24.6. The molecular weight excluding hydrogens is 424 g/mol. The molecule has 2 aromatic carbocycles. The van der Waals surface area contributed by atoms with E-state index in [2.05, 4.69) is 25.8 Å². The van der Waals surface area contributed by atoms with E-state index in [9.17, 15) is 13.2 Å². The molecule has 8 heteroatoms. The number of halogens is 3. The number of nitrogens with one attached hydrogen (secondary N) is 1. The second-order valence-electron chi connectivity index (χ2n) is 8.80. The van der Waals surface area contributed by atoms with Gasteiger partial charge in [-0.05, 0) is 54.8 Å². The Balaban J connectivity index is 0.00000289. The molecule has 0 unspecified atom stereocenters. The summed E-state index contributed by atoms with van der Waals surface area (Å²) in [6.45, 7) is 10.9. The number of benzene rings is 2. The van der Waals surface area contributed by atoms with Crippen LogP contribution in [0.2, 0.25) is 0 Å². The van der Waals surface area contributed by atoms with E-state index in [1.54, 1.807) is 18.2 Å². The van der Waals surface area contributed by atoms with E-state index >= 15 is 0 Å². The third-order valence-corrected chi connectivity index (χ3v) is 5.42. The molecule has 0 aliphatic carbocycles. The summed E-state index contributed by atoms with van der Waals surface area (Å²) in [5, 5.41) is 4.70. The number of aromatic amines is 1. The van der Waals surface area contributed by atoms with E-state index in [1.807, 2.05) is 24.6 Å². The van der Waals surface area contributed by atoms with Crippen LogP contribution in [0, 0.1) is 6.92 Å². The van der Waals surface area contributed by atoms with Crippen molar-refractivity contribution in [1.29, 1.82) is 0 Å². The summed E-state index contributed by atoms with van der Waals surface area (Å²) in [5.74, 6) is 0.657. The van der Waals surface area contributed by atoms with Crippen LogP contribution in [0.15, 0.2) is 42.5 Å². The van der Waals surface area contributed by atoms with Gasteiger partial charge in [0.1, 0.15) is 5.69 Å². The van der Waals surface area contributed by atoms with E-state index in [1.165, 1.54) is 12.1 Å². The zero-order valence-corrected chi connectivity index (χ0v) is 18.2. The first-order chi connectivity index (χ1) is 14.5. The molecule has 0 spiro atoms. The standard InChI is InChI=1S/C24H25F3N4.Na.H/c1-6-31-19(13-20(30-31)23(3,4)5)22-28-18-12-15(11-14(2)21(18)29-22)16-9-7-8-10-17(16)24(25,26)27;;/h7-13H,6H2,1-5H3,(H,28,29);;. The summed E-state index contributed by atoms with van der Waals surface area (Å²) < 4.78 is 42.5. The molecule has 4 aromatic rings. The fourth-order valence-electron chi connectivity index (χ4n) is 3.76. The number of fused-ring (bicyclic) bond motifs is 1. The summed E-state index contributed by atoms with van der Waals surface area (Å²) >= 11 is 0. The predicted molar refractivity (Wildman–Crippen MR) is 124 cm³/mol. The topological polar surface area (TPSA) is 46.5 Å². The van der Waals surface area contributed by atoms with Crippen molar-refractivity contribution in [3.8, 4) is 22.6 Å². The van der Waals surface area contributed by atoms with E-state index in [4.69, 9.17) is 10.1 Å². The van der Waals surface area contributed by atoms with Gasteiger partial charge in [0.2, 0.25) is 0 Å². The molecule has 0 saturated heterocycles. The van der Waals surface area contributed by atoms with Gasteiger partial charge < -0.3 is 4.98 Å². The number of alkyl halides is 3. The van der Waals surface area contributed by atoms with Gasteiger partial charge in [-0.3, -0.25) is 4.68 Å². The molecule has 0 amide bonds. The van der Waals surface area contributed by atoms with Crippen LogP contribution in [0.4, 0.5) is 13.2 Å².